The highest BCUT2D eigenvalue weighted by Gasteiger charge is 2.27. The molecule has 1 rings (SSSR count). The van der Waals surface area contributed by atoms with Crippen LogP contribution in [-0.2, 0) is 14.3 Å². The van der Waals surface area contributed by atoms with Gasteiger partial charge in [-0.25, -0.2) is 0 Å². The zero-order chi connectivity index (χ0) is 15.3. The summed E-state index contributed by atoms with van der Waals surface area (Å²) < 4.78 is 5.38. The number of rotatable bonds is 5. The molecule has 1 N–H and O–H groups in total. The van der Waals surface area contributed by atoms with E-state index < -0.39 is 5.97 Å². The topological polar surface area (TPSA) is 66.8 Å². The number of morpholine rings is 1. The van der Waals surface area contributed by atoms with Gasteiger partial charge < -0.3 is 14.7 Å². The highest BCUT2D eigenvalue weighted by atomic mass is 16.5. The van der Waals surface area contributed by atoms with Gasteiger partial charge in [0.25, 0.3) is 0 Å². The number of ether oxygens (including phenoxy) is 1. The van der Waals surface area contributed by atoms with Crippen molar-refractivity contribution in [2.45, 2.75) is 53.1 Å². The van der Waals surface area contributed by atoms with Gasteiger partial charge in [-0.2, -0.15) is 0 Å². The normalized spacial score (nSPS) is 21.6. The molecule has 1 aliphatic heterocycles. The number of carboxylic acids is 1. The molecule has 5 heteroatoms. The lowest BCUT2D eigenvalue weighted by atomic mass is 9.84. The summed E-state index contributed by atoms with van der Waals surface area (Å²) in [6.07, 6.45) is 1.11. The molecule has 0 spiro atoms. The molecule has 0 bridgehead atoms. The molecule has 1 aliphatic rings. The van der Waals surface area contributed by atoms with Gasteiger partial charge in [0.15, 0.2) is 0 Å². The first-order chi connectivity index (χ1) is 9.17. The number of carboxylic acid groups (broad SMARTS) is 1. The van der Waals surface area contributed by atoms with Gasteiger partial charge in [0.1, 0.15) is 0 Å². The Morgan fingerprint density at radius 2 is 2.05 bits per heavy atom. The van der Waals surface area contributed by atoms with E-state index in [1.54, 1.807) is 4.90 Å². The van der Waals surface area contributed by atoms with E-state index in [9.17, 15) is 9.59 Å². The minimum absolute atomic E-state index is 0.0404. The number of aliphatic carboxylic acids is 1. The van der Waals surface area contributed by atoms with Gasteiger partial charge in [-0.15, -0.1) is 0 Å². The monoisotopic (exact) mass is 285 g/mol. The molecule has 0 aromatic heterocycles. The van der Waals surface area contributed by atoms with Crippen molar-refractivity contribution in [3.05, 3.63) is 0 Å². The van der Waals surface area contributed by atoms with Gasteiger partial charge >= 0.3 is 5.97 Å². The Hall–Kier alpha value is -1.10. The second-order valence-electron chi connectivity index (χ2n) is 7.00. The van der Waals surface area contributed by atoms with Crippen molar-refractivity contribution < 1.29 is 19.4 Å². The van der Waals surface area contributed by atoms with E-state index in [2.05, 4.69) is 27.7 Å². The quantitative estimate of drug-likeness (QED) is 0.840. The van der Waals surface area contributed by atoms with Crippen LogP contribution in [0.4, 0.5) is 0 Å². The van der Waals surface area contributed by atoms with Gasteiger partial charge in [-0.1, -0.05) is 27.7 Å². The van der Waals surface area contributed by atoms with Crippen LogP contribution in [0.3, 0.4) is 0 Å². The lowest BCUT2D eigenvalue weighted by Gasteiger charge is -2.33. The van der Waals surface area contributed by atoms with Crippen molar-refractivity contribution in [2.24, 2.45) is 11.3 Å². The minimum Gasteiger partial charge on any atom is -0.481 e. The van der Waals surface area contributed by atoms with Crippen molar-refractivity contribution in [1.29, 1.82) is 0 Å². The zero-order valence-electron chi connectivity index (χ0n) is 13.0. The van der Waals surface area contributed by atoms with Crippen molar-refractivity contribution in [1.82, 2.24) is 4.90 Å². The van der Waals surface area contributed by atoms with E-state index in [0.717, 1.165) is 6.42 Å². The van der Waals surface area contributed by atoms with Crippen LogP contribution >= 0.6 is 0 Å². The number of carbonyl (C=O) groups excluding carboxylic acids is 1. The Morgan fingerprint density at radius 1 is 1.40 bits per heavy atom. The van der Waals surface area contributed by atoms with E-state index in [-0.39, 0.29) is 23.8 Å². The largest absolute Gasteiger partial charge is 0.481 e. The predicted octanol–water partition coefficient (Wildman–Crippen LogP) is 2.15. The summed E-state index contributed by atoms with van der Waals surface area (Å²) in [5.41, 5.74) is 0.219. The number of nitrogens with zero attached hydrogens (tertiary/aromatic N) is 1. The van der Waals surface area contributed by atoms with Crippen LogP contribution in [0.15, 0.2) is 0 Å². The van der Waals surface area contributed by atoms with Crippen LogP contribution in [0.2, 0.25) is 0 Å². The fourth-order valence-electron chi connectivity index (χ4n) is 2.81. The highest BCUT2D eigenvalue weighted by molar-refractivity contribution is 5.76. The average Bonchev–Trinajstić information content (AvgIpc) is 2.25. The van der Waals surface area contributed by atoms with Gasteiger partial charge in [-0.05, 0) is 17.8 Å². The van der Waals surface area contributed by atoms with E-state index in [1.807, 2.05) is 0 Å². The second-order valence-corrected chi connectivity index (χ2v) is 7.00. The van der Waals surface area contributed by atoms with E-state index in [4.69, 9.17) is 9.84 Å². The summed E-state index contributed by atoms with van der Waals surface area (Å²) in [6.45, 7) is 10.0. The summed E-state index contributed by atoms with van der Waals surface area (Å²) in [5, 5.41) is 8.78. The maximum Gasteiger partial charge on any atom is 0.306 e. The SMILES string of the molecule is CC(CC(=O)N1CCOC(CC(=O)O)C1)CC(C)(C)C. The average molecular weight is 285 g/mol. The van der Waals surface area contributed by atoms with Gasteiger partial charge in [0.2, 0.25) is 5.91 Å². The Labute approximate surface area is 121 Å². The third kappa shape index (κ3) is 6.37. The predicted molar refractivity (Wildman–Crippen MR) is 76.4 cm³/mol. The highest BCUT2D eigenvalue weighted by Crippen LogP contribution is 2.26. The van der Waals surface area contributed by atoms with Crippen LogP contribution in [0.25, 0.3) is 0 Å². The van der Waals surface area contributed by atoms with Crippen LogP contribution < -0.4 is 0 Å². The number of carbonyl (C=O) groups is 2. The fraction of sp³-hybridized carbons (Fsp3) is 0.867. The molecule has 1 heterocycles. The molecular formula is C15H27NO4. The summed E-state index contributed by atoms with van der Waals surface area (Å²) in [7, 11) is 0. The third-order valence-corrected chi connectivity index (χ3v) is 3.38. The van der Waals surface area contributed by atoms with E-state index >= 15 is 0 Å². The molecule has 0 aromatic carbocycles. The zero-order valence-corrected chi connectivity index (χ0v) is 13.0. The van der Waals surface area contributed by atoms with Gasteiger partial charge in [-0.3, -0.25) is 9.59 Å². The van der Waals surface area contributed by atoms with Crippen molar-refractivity contribution in [3.63, 3.8) is 0 Å². The molecule has 116 valence electrons. The first-order valence-electron chi connectivity index (χ1n) is 7.28. The molecule has 20 heavy (non-hydrogen) atoms. The van der Waals surface area contributed by atoms with E-state index in [0.29, 0.717) is 32.0 Å². The standard InChI is InChI=1S/C15H27NO4/c1-11(9-15(2,3)4)7-13(17)16-5-6-20-12(10-16)8-14(18)19/h11-12H,5-10H2,1-4H3,(H,18,19). The fourth-order valence-corrected chi connectivity index (χ4v) is 2.81. The second kappa shape index (κ2) is 7.07. The van der Waals surface area contributed by atoms with Crippen LogP contribution in [0.5, 0.6) is 0 Å². The van der Waals surface area contributed by atoms with Crippen molar-refractivity contribution in [3.8, 4) is 0 Å². The van der Waals surface area contributed by atoms with Crippen LogP contribution in [0.1, 0.15) is 47.0 Å². The Balaban J connectivity index is 2.44. The Kier molecular flexibility index (Phi) is 5.99. The molecule has 2 unspecified atom stereocenters. The number of hydrogen-bond acceptors (Lipinski definition) is 3. The van der Waals surface area contributed by atoms with Gasteiger partial charge in [0.05, 0.1) is 19.1 Å². The molecule has 1 saturated heterocycles. The third-order valence-electron chi connectivity index (χ3n) is 3.38. The summed E-state index contributed by atoms with van der Waals surface area (Å²) in [6, 6.07) is 0. The minimum atomic E-state index is -0.884. The Morgan fingerprint density at radius 3 is 2.60 bits per heavy atom. The summed E-state index contributed by atoms with van der Waals surface area (Å²) in [5.74, 6) is -0.436. The molecule has 5 nitrogen and oxygen atoms in total. The molecule has 0 saturated carbocycles. The maximum atomic E-state index is 12.2. The number of hydrogen-bond donors (Lipinski definition) is 1. The lowest BCUT2D eigenvalue weighted by molar-refractivity contribution is -0.148. The Bertz CT molecular complexity index is 348. The van der Waals surface area contributed by atoms with Crippen LogP contribution in [0, 0.1) is 11.3 Å². The smallest absolute Gasteiger partial charge is 0.306 e. The molecule has 0 aliphatic carbocycles. The lowest BCUT2D eigenvalue weighted by Crippen LogP contribution is -2.46. The van der Waals surface area contributed by atoms with Gasteiger partial charge in [0, 0.05) is 19.5 Å². The van der Waals surface area contributed by atoms with Crippen LogP contribution in [-0.4, -0.2) is 47.7 Å². The molecule has 1 fully saturated rings. The molecule has 1 amide bonds. The molecule has 0 aromatic rings. The van der Waals surface area contributed by atoms with Crippen molar-refractivity contribution in [2.75, 3.05) is 19.7 Å². The first kappa shape index (κ1) is 17.0. The van der Waals surface area contributed by atoms with Crippen molar-refractivity contribution >= 4 is 11.9 Å². The number of amides is 1. The molecule has 2 atom stereocenters. The first-order valence-corrected chi connectivity index (χ1v) is 7.28. The maximum absolute atomic E-state index is 12.2. The summed E-state index contributed by atoms with van der Waals surface area (Å²) >= 11 is 0. The van der Waals surface area contributed by atoms with E-state index in [1.165, 1.54) is 0 Å². The summed E-state index contributed by atoms with van der Waals surface area (Å²) in [4.78, 5) is 24.7. The molecule has 0 radical (unpaired) electrons. The molecular weight excluding hydrogens is 258 g/mol.